The van der Waals surface area contributed by atoms with Crippen LogP contribution < -0.4 is 11.1 Å². The molecule has 22 heavy (non-hydrogen) atoms. The number of pyridine rings is 1. The SMILES string of the molecule is Nc1cccnc1-c1ccc2[nH]nc(Nc3nccs3)c2c1. The summed E-state index contributed by atoms with van der Waals surface area (Å²) >= 11 is 1.52. The fourth-order valence-electron chi connectivity index (χ4n) is 2.30. The van der Waals surface area contributed by atoms with Crippen molar-refractivity contribution in [2.45, 2.75) is 0 Å². The van der Waals surface area contributed by atoms with Crippen molar-refractivity contribution in [2.24, 2.45) is 0 Å². The molecular formula is C15H12N6S. The van der Waals surface area contributed by atoms with Crippen molar-refractivity contribution in [3.63, 3.8) is 0 Å². The Kier molecular flexibility index (Phi) is 2.97. The van der Waals surface area contributed by atoms with Crippen molar-refractivity contribution >= 4 is 38.9 Å². The molecule has 4 rings (SSSR count). The molecule has 0 radical (unpaired) electrons. The average Bonchev–Trinajstić information content (AvgIpc) is 3.18. The van der Waals surface area contributed by atoms with E-state index in [4.69, 9.17) is 5.73 Å². The second-order valence-electron chi connectivity index (χ2n) is 4.74. The van der Waals surface area contributed by atoms with Gasteiger partial charge < -0.3 is 11.1 Å². The van der Waals surface area contributed by atoms with E-state index in [-0.39, 0.29) is 0 Å². The molecule has 0 bridgehead atoms. The summed E-state index contributed by atoms with van der Waals surface area (Å²) in [5.41, 5.74) is 9.33. The molecule has 0 amide bonds. The summed E-state index contributed by atoms with van der Waals surface area (Å²) in [6.45, 7) is 0. The summed E-state index contributed by atoms with van der Waals surface area (Å²) in [7, 11) is 0. The highest BCUT2D eigenvalue weighted by Crippen LogP contribution is 2.30. The quantitative estimate of drug-likeness (QED) is 0.539. The minimum absolute atomic E-state index is 0.653. The van der Waals surface area contributed by atoms with Gasteiger partial charge in [-0.2, -0.15) is 5.10 Å². The minimum atomic E-state index is 0.653. The second kappa shape index (κ2) is 5.12. The maximum atomic E-state index is 6.01. The Morgan fingerprint density at radius 1 is 1.14 bits per heavy atom. The van der Waals surface area contributed by atoms with E-state index < -0.39 is 0 Å². The molecule has 0 aliphatic heterocycles. The third kappa shape index (κ3) is 2.17. The molecule has 3 aromatic heterocycles. The van der Waals surface area contributed by atoms with Gasteiger partial charge in [0.2, 0.25) is 0 Å². The highest BCUT2D eigenvalue weighted by molar-refractivity contribution is 7.13. The number of anilines is 3. The number of rotatable bonds is 3. The summed E-state index contributed by atoms with van der Waals surface area (Å²) in [6, 6.07) is 9.64. The molecule has 0 saturated carbocycles. The zero-order valence-electron chi connectivity index (χ0n) is 11.4. The van der Waals surface area contributed by atoms with Gasteiger partial charge in [0, 0.05) is 28.7 Å². The van der Waals surface area contributed by atoms with Crippen LogP contribution in [-0.2, 0) is 0 Å². The van der Waals surface area contributed by atoms with Crippen molar-refractivity contribution in [3.05, 3.63) is 48.1 Å². The van der Waals surface area contributed by atoms with Crippen LogP contribution in [0.15, 0.2) is 48.1 Å². The maximum absolute atomic E-state index is 6.01. The lowest BCUT2D eigenvalue weighted by Gasteiger charge is -2.05. The van der Waals surface area contributed by atoms with Gasteiger partial charge in [0.05, 0.1) is 16.9 Å². The number of H-pyrrole nitrogens is 1. The molecule has 0 atom stereocenters. The van der Waals surface area contributed by atoms with Gasteiger partial charge in [0.1, 0.15) is 0 Å². The lowest BCUT2D eigenvalue weighted by molar-refractivity contribution is 1.12. The topological polar surface area (TPSA) is 92.5 Å². The molecule has 7 heteroatoms. The molecule has 0 unspecified atom stereocenters. The Morgan fingerprint density at radius 2 is 2.09 bits per heavy atom. The van der Waals surface area contributed by atoms with Gasteiger partial charge in [0.25, 0.3) is 0 Å². The first-order valence-corrected chi connectivity index (χ1v) is 7.55. The number of nitrogen functional groups attached to an aromatic ring is 1. The number of aromatic nitrogens is 4. The molecule has 108 valence electrons. The summed E-state index contributed by atoms with van der Waals surface area (Å²) in [5, 5.41) is 14.2. The molecule has 0 spiro atoms. The van der Waals surface area contributed by atoms with E-state index in [0.29, 0.717) is 5.69 Å². The van der Waals surface area contributed by atoms with Crippen molar-refractivity contribution in [1.82, 2.24) is 20.2 Å². The van der Waals surface area contributed by atoms with Crippen LogP contribution in [0.3, 0.4) is 0 Å². The number of hydrogen-bond donors (Lipinski definition) is 3. The minimum Gasteiger partial charge on any atom is -0.397 e. The summed E-state index contributed by atoms with van der Waals surface area (Å²) in [6.07, 6.45) is 3.49. The first-order valence-electron chi connectivity index (χ1n) is 6.67. The number of hydrogen-bond acceptors (Lipinski definition) is 6. The number of fused-ring (bicyclic) bond motifs is 1. The van der Waals surface area contributed by atoms with E-state index >= 15 is 0 Å². The van der Waals surface area contributed by atoms with Crippen LogP contribution in [0.1, 0.15) is 0 Å². The van der Waals surface area contributed by atoms with Crippen LogP contribution in [0, 0.1) is 0 Å². The summed E-state index contributed by atoms with van der Waals surface area (Å²) in [5.74, 6) is 0.737. The van der Waals surface area contributed by atoms with Crippen LogP contribution in [0.5, 0.6) is 0 Å². The largest absolute Gasteiger partial charge is 0.397 e. The first-order chi connectivity index (χ1) is 10.8. The molecule has 0 saturated heterocycles. The maximum Gasteiger partial charge on any atom is 0.188 e. The normalized spacial score (nSPS) is 10.9. The van der Waals surface area contributed by atoms with E-state index in [1.165, 1.54) is 11.3 Å². The van der Waals surface area contributed by atoms with Gasteiger partial charge in [-0.15, -0.1) is 11.3 Å². The van der Waals surface area contributed by atoms with Gasteiger partial charge in [-0.25, -0.2) is 4.98 Å². The van der Waals surface area contributed by atoms with Crippen molar-refractivity contribution < 1.29 is 0 Å². The molecule has 3 heterocycles. The molecule has 0 aliphatic rings. The Morgan fingerprint density at radius 3 is 2.91 bits per heavy atom. The number of nitrogens with zero attached hydrogens (tertiary/aromatic N) is 3. The number of benzene rings is 1. The van der Waals surface area contributed by atoms with Crippen LogP contribution in [-0.4, -0.2) is 20.2 Å². The Bertz CT molecular complexity index is 928. The van der Waals surface area contributed by atoms with Crippen LogP contribution in [0.25, 0.3) is 22.2 Å². The summed E-state index contributed by atoms with van der Waals surface area (Å²) < 4.78 is 0. The lowest BCUT2D eigenvalue weighted by Crippen LogP contribution is -1.93. The van der Waals surface area contributed by atoms with Crippen LogP contribution in [0.4, 0.5) is 16.6 Å². The third-order valence-corrected chi connectivity index (χ3v) is 4.02. The van der Waals surface area contributed by atoms with Gasteiger partial charge in [-0.1, -0.05) is 6.07 Å². The fraction of sp³-hybridized carbons (Fsp3) is 0. The zero-order chi connectivity index (χ0) is 14.9. The van der Waals surface area contributed by atoms with E-state index in [9.17, 15) is 0 Å². The number of thiazole rings is 1. The zero-order valence-corrected chi connectivity index (χ0v) is 12.3. The van der Waals surface area contributed by atoms with E-state index in [1.54, 1.807) is 12.4 Å². The molecule has 1 aromatic carbocycles. The number of nitrogens with one attached hydrogen (secondary N) is 2. The van der Waals surface area contributed by atoms with E-state index in [2.05, 4.69) is 25.5 Å². The first kappa shape index (κ1) is 12.8. The van der Waals surface area contributed by atoms with E-state index in [1.807, 2.05) is 35.7 Å². The fourth-order valence-corrected chi connectivity index (χ4v) is 2.83. The smallest absolute Gasteiger partial charge is 0.188 e. The van der Waals surface area contributed by atoms with Crippen LogP contribution in [0.2, 0.25) is 0 Å². The molecule has 4 N–H and O–H groups in total. The van der Waals surface area contributed by atoms with Crippen molar-refractivity contribution in [1.29, 1.82) is 0 Å². The molecule has 0 fully saturated rings. The predicted octanol–water partition coefficient (Wildman–Crippen LogP) is 3.41. The van der Waals surface area contributed by atoms with Crippen molar-refractivity contribution in [3.8, 4) is 11.3 Å². The summed E-state index contributed by atoms with van der Waals surface area (Å²) in [4.78, 5) is 8.57. The standard InChI is InChI=1S/C15H12N6S/c16-11-2-1-5-17-13(11)9-3-4-12-10(8-9)14(21-20-12)19-15-18-6-7-22-15/h1-8H,16H2,(H2,18,19,20,21). The molecule has 4 aromatic rings. The second-order valence-corrected chi connectivity index (χ2v) is 5.63. The molecule has 0 aliphatic carbocycles. The third-order valence-electron chi connectivity index (χ3n) is 3.33. The van der Waals surface area contributed by atoms with Gasteiger partial charge >= 0.3 is 0 Å². The molecular weight excluding hydrogens is 296 g/mol. The highest BCUT2D eigenvalue weighted by Gasteiger charge is 2.10. The average molecular weight is 308 g/mol. The monoisotopic (exact) mass is 308 g/mol. The molecule has 6 nitrogen and oxygen atoms in total. The van der Waals surface area contributed by atoms with Crippen molar-refractivity contribution in [2.75, 3.05) is 11.1 Å². The Labute approximate surface area is 130 Å². The Balaban J connectivity index is 1.81. The van der Waals surface area contributed by atoms with E-state index in [0.717, 1.165) is 33.1 Å². The lowest BCUT2D eigenvalue weighted by atomic mass is 10.1. The number of aromatic amines is 1. The van der Waals surface area contributed by atoms with Crippen LogP contribution >= 0.6 is 11.3 Å². The predicted molar refractivity (Wildman–Crippen MR) is 89.1 cm³/mol. The van der Waals surface area contributed by atoms with Gasteiger partial charge in [0.15, 0.2) is 10.9 Å². The number of nitrogens with two attached hydrogens (primary N) is 1. The van der Waals surface area contributed by atoms with Gasteiger partial charge in [-0.05, 0) is 24.3 Å². The highest BCUT2D eigenvalue weighted by atomic mass is 32.1. The Hall–Kier alpha value is -2.93. The van der Waals surface area contributed by atoms with Gasteiger partial charge in [-0.3, -0.25) is 10.1 Å².